The number of aryl methyl sites for hydroxylation is 1. The summed E-state index contributed by atoms with van der Waals surface area (Å²) in [6, 6.07) is 0.276. The van der Waals surface area contributed by atoms with Crippen molar-refractivity contribution in [3.8, 4) is 0 Å². The van der Waals surface area contributed by atoms with E-state index in [1.165, 1.54) is 4.90 Å². The molecule has 0 atom stereocenters. The van der Waals surface area contributed by atoms with Crippen molar-refractivity contribution in [2.75, 3.05) is 7.05 Å². The quantitative estimate of drug-likeness (QED) is 0.796. The molecule has 0 aromatic carbocycles. The molecule has 82 valence electrons. The van der Waals surface area contributed by atoms with Gasteiger partial charge in [0.2, 0.25) is 11.8 Å². The smallest absolute Gasteiger partial charge is 0.317 e. The number of carbonyl (C=O) groups excluding carboxylic acids is 1. The summed E-state index contributed by atoms with van der Waals surface area (Å²) < 4.78 is 5.18. The second-order valence-electron chi connectivity index (χ2n) is 3.79. The second kappa shape index (κ2) is 3.88. The summed E-state index contributed by atoms with van der Waals surface area (Å²) in [6.45, 7) is 2.07. The predicted octanol–water partition coefficient (Wildman–Crippen LogP) is 0.682. The third-order valence-corrected chi connectivity index (χ3v) is 2.19. The van der Waals surface area contributed by atoms with Gasteiger partial charge in [-0.3, -0.25) is 0 Å². The Morgan fingerprint density at radius 2 is 2.33 bits per heavy atom. The first-order chi connectivity index (χ1) is 7.15. The lowest BCUT2D eigenvalue weighted by molar-refractivity contribution is 0.201. The number of carbonyl (C=O) groups is 1. The van der Waals surface area contributed by atoms with Gasteiger partial charge in [-0.15, -0.1) is 10.2 Å². The molecule has 0 radical (unpaired) electrons. The van der Waals surface area contributed by atoms with Crippen molar-refractivity contribution in [1.29, 1.82) is 0 Å². The van der Waals surface area contributed by atoms with E-state index in [-0.39, 0.29) is 6.03 Å². The van der Waals surface area contributed by atoms with Crippen LogP contribution in [0.2, 0.25) is 0 Å². The summed E-state index contributed by atoms with van der Waals surface area (Å²) in [4.78, 5) is 13.1. The zero-order valence-corrected chi connectivity index (χ0v) is 8.86. The first kappa shape index (κ1) is 9.95. The molecule has 6 heteroatoms. The van der Waals surface area contributed by atoms with E-state index in [9.17, 15) is 4.79 Å². The first-order valence-electron chi connectivity index (χ1n) is 4.96. The number of hydrogen-bond donors (Lipinski definition) is 1. The molecule has 0 saturated heterocycles. The molecule has 15 heavy (non-hydrogen) atoms. The molecule has 0 spiro atoms. The maximum atomic E-state index is 11.5. The maximum absolute atomic E-state index is 11.5. The topological polar surface area (TPSA) is 71.3 Å². The van der Waals surface area contributed by atoms with Gasteiger partial charge >= 0.3 is 6.03 Å². The largest absolute Gasteiger partial charge is 0.424 e. The standard InChI is InChI=1S/C9H14N4O2/c1-6-11-12-8(15-6)5-13(2)9(14)10-7-3-4-7/h7H,3-5H2,1-2H3,(H,10,14). The Morgan fingerprint density at radius 3 is 2.87 bits per heavy atom. The Bertz CT molecular complexity index is 359. The van der Waals surface area contributed by atoms with Crippen LogP contribution in [0.25, 0.3) is 0 Å². The van der Waals surface area contributed by atoms with Crippen LogP contribution in [0.4, 0.5) is 4.79 Å². The van der Waals surface area contributed by atoms with Gasteiger partial charge in [-0.2, -0.15) is 0 Å². The van der Waals surface area contributed by atoms with Crippen LogP contribution in [0.1, 0.15) is 24.6 Å². The van der Waals surface area contributed by atoms with Crippen molar-refractivity contribution in [2.45, 2.75) is 32.4 Å². The Morgan fingerprint density at radius 1 is 1.60 bits per heavy atom. The Hall–Kier alpha value is -1.59. The summed E-state index contributed by atoms with van der Waals surface area (Å²) >= 11 is 0. The Labute approximate surface area is 87.7 Å². The molecular weight excluding hydrogens is 196 g/mol. The van der Waals surface area contributed by atoms with Gasteiger partial charge in [-0.05, 0) is 12.8 Å². The lowest BCUT2D eigenvalue weighted by Gasteiger charge is -2.15. The fraction of sp³-hybridized carbons (Fsp3) is 0.667. The average molecular weight is 210 g/mol. The van der Waals surface area contributed by atoms with Gasteiger partial charge in [0.1, 0.15) is 6.54 Å². The predicted molar refractivity (Wildman–Crippen MR) is 52.1 cm³/mol. The van der Waals surface area contributed by atoms with Gasteiger partial charge < -0.3 is 14.6 Å². The highest BCUT2D eigenvalue weighted by molar-refractivity contribution is 5.74. The number of aromatic nitrogens is 2. The molecule has 2 amide bonds. The van der Waals surface area contributed by atoms with E-state index < -0.39 is 0 Å². The van der Waals surface area contributed by atoms with Crippen LogP contribution in [-0.2, 0) is 6.54 Å². The molecule has 1 aliphatic carbocycles. The second-order valence-corrected chi connectivity index (χ2v) is 3.79. The summed E-state index contributed by atoms with van der Waals surface area (Å²) in [5.74, 6) is 0.974. The third-order valence-electron chi connectivity index (χ3n) is 2.19. The molecule has 1 aliphatic rings. The number of amides is 2. The van der Waals surface area contributed by atoms with E-state index in [4.69, 9.17) is 4.42 Å². The minimum absolute atomic E-state index is 0.0895. The van der Waals surface area contributed by atoms with Crippen LogP contribution in [0.15, 0.2) is 4.42 Å². The summed E-state index contributed by atoms with van der Waals surface area (Å²) in [5, 5.41) is 10.4. The van der Waals surface area contributed by atoms with Gasteiger partial charge in [-0.1, -0.05) is 0 Å². The fourth-order valence-electron chi connectivity index (χ4n) is 1.19. The van der Waals surface area contributed by atoms with E-state index in [0.29, 0.717) is 24.4 Å². The minimum atomic E-state index is -0.0895. The molecule has 0 aliphatic heterocycles. The lowest BCUT2D eigenvalue weighted by Crippen LogP contribution is -2.38. The first-order valence-corrected chi connectivity index (χ1v) is 4.96. The zero-order valence-electron chi connectivity index (χ0n) is 8.86. The summed E-state index contributed by atoms with van der Waals surface area (Å²) in [5.41, 5.74) is 0. The van der Waals surface area contributed by atoms with E-state index >= 15 is 0 Å². The molecule has 1 fully saturated rings. The van der Waals surface area contributed by atoms with Gasteiger partial charge in [0, 0.05) is 20.0 Å². The molecule has 2 rings (SSSR count). The van der Waals surface area contributed by atoms with Crippen LogP contribution in [0, 0.1) is 6.92 Å². The molecule has 1 N–H and O–H groups in total. The van der Waals surface area contributed by atoms with Gasteiger partial charge in [0.15, 0.2) is 0 Å². The van der Waals surface area contributed by atoms with E-state index in [2.05, 4.69) is 15.5 Å². The molecule has 1 saturated carbocycles. The van der Waals surface area contributed by atoms with Crippen LogP contribution in [-0.4, -0.2) is 34.2 Å². The van der Waals surface area contributed by atoms with Crippen molar-refractivity contribution in [1.82, 2.24) is 20.4 Å². The SMILES string of the molecule is Cc1nnc(CN(C)C(=O)NC2CC2)o1. The zero-order chi connectivity index (χ0) is 10.8. The lowest BCUT2D eigenvalue weighted by atomic mass is 10.5. The van der Waals surface area contributed by atoms with Crippen molar-refractivity contribution in [3.63, 3.8) is 0 Å². The highest BCUT2D eigenvalue weighted by Crippen LogP contribution is 2.18. The molecule has 0 unspecified atom stereocenters. The van der Waals surface area contributed by atoms with Gasteiger partial charge in [0.25, 0.3) is 0 Å². The minimum Gasteiger partial charge on any atom is -0.424 e. The molecular formula is C9H14N4O2. The Balaban J connectivity index is 1.84. The summed E-state index contributed by atoms with van der Waals surface area (Å²) in [6.07, 6.45) is 2.17. The summed E-state index contributed by atoms with van der Waals surface area (Å²) in [7, 11) is 1.71. The van der Waals surface area contributed by atoms with Crippen LogP contribution < -0.4 is 5.32 Å². The average Bonchev–Trinajstić information content (AvgIpc) is 2.90. The molecule has 1 aromatic heterocycles. The maximum Gasteiger partial charge on any atom is 0.317 e. The third kappa shape index (κ3) is 2.68. The number of nitrogens with zero attached hydrogens (tertiary/aromatic N) is 3. The van der Waals surface area contributed by atoms with Crippen molar-refractivity contribution in [2.24, 2.45) is 0 Å². The molecule has 1 heterocycles. The molecule has 6 nitrogen and oxygen atoms in total. The Kier molecular flexibility index (Phi) is 2.57. The number of hydrogen-bond acceptors (Lipinski definition) is 4. The number of nitrogens with one attached hydrogen (secondary N) is 1. The highest BCUT2D eigenvalue weighted by atomic mass is 16.4. The van der Waals surface area contributed by atoms with Crippen molar-refractivity contribution >= 4 is 6.03 Å². The van der Waals surface area contributed by atoms with Crippen molar-refractivity contribution < 1.29 is 9.21 Å². The fourth-order valence-corrected chi connectivity index (χ4v) is 1.19. The van der Waals surface area contributed by atoms with E-state index in [1.807, 2.05) is 0 Å². The van der Waals surface area contributed by atoms with Crippen LogP contribution in [0.3, 0.4) is 0 Å². The van der Waals surface area contributed by atoms with Crippen LogP contribution in [0.5, 0.6) is 0 Å². The monoisotopic (exact) mass is 210 g/mol. The van der Waals surface area contributed by atoms with Gasteiger partial charge in [0.05, 0.1) is 0 Å². The van der Waals surface area contributed by atoms with Crippen LogP contribution >= 0.6 is 0 Å². The van der Waals surface area contributed by atoms with Crippen molar-refractivity contribution in [3.05, 3.63) is 11.8 Å². The normalized spacial score (nSPS) is 15.1. The molecule has 0 bridgehead atoms. The molecule has 1 aromatic rings. The van der Waals surface area contributed by atoms with E-state index in [0.717, 1.165) is 12.8 Å². The van der Waals surface area contributed by atoms with Gasteiger partial charge in [-0.25, -0.2) is 4.79 Å². The number of urea groups is 1. The highest BCUT2D eigenvalue weighted by Gasteiger charge is 2.25. The number of rotatable bonds is 3. The van der Waals surface area contributed by atoms with E-state index in [1.54, 1.807) is 14.0 Å².